The summed E-state index contributed by atoms with van der Waals surface area (Å²) in [7, 11) is 0. The van der Waals surface area contributed by atoms with Crippen molar-refractivity contribution in [2.75, 3.05) is 18.0 Å². The van der Waals surface area contributed by atoms with E-state index in [-0.39, 0.29) is 6.10 Å². The summed E-state index contributed by atoms with van der Waals surface area (Å²) in [5.74, 6) is 0.426. The third-order valence-electron chi connectivity index (χ3n) is 4.91. The number of fused-ring (bicyclic) bond motifs is 1. The molecular formula is C17H25NO. The fourth-order valence-electron chi connectivity index (χ4n) is 3.79. The predicted octanol–water partition coefficient (Wildman–Crippen LogP) is 3.24. The van der Waals surface area contributed by atoms with Crippen LogP contribution in [0.2, 0.25) is 0 Å². The first-order chi connectivity index (χ1) is 9.05. The topological polar surface area (TPSA) is 23.5 Å². The van der Waals surface area contributed by atoms with Gasteiger partial charge in [0.1, 0.15) is 0 Å². The fraction of sp³-hybridized carbons (Fsp3) is 0.647. The van der Waals surface area contributed by atoms with E-state index >= 15 is 0 Å². The van der Waals surface area contributed by atoms with Crippen molar-refractivity contribution in [3.05, 3.63) is 29.8 Å². The Balaban J connectivity index is 1.72. The zero-order valence-electron chi connectivity index (χ0n) is 12.1. The summed E-state index contributed by atoms with van der Waals surface area (Å²) in [6.45, 7) is 6.80. The van der Waals surface area contributed by atoms with E-state index in [9.17, 15) is 5.11 Å². The molecular weight excluding hydrogens is 234 g/mol. The molecule has 1 aliphatic heterocycles. The molecule has 1 aromatic carbocycles. The summed E-state index contributed by atoms with van der Waals surface area (Å²) >= 11 is 0. The third-order valence-corrected chi connectivity index (χ3v) is 4.91. The summed E-state index contributed by atoms with van der Waals surface area (Å²) in [6, 6.07) is 8.71. The normalized spacial score (nSPS) is 29.3. The molecule has 1 saturated carbocycles. The van der Waals surface area contributed by atoms with Gasteiger partial charge in [-0.3, -0.25) is 0 Å². The minimum absolute atomic E-state index is 0.110. The number of hydrogen-bond donors (Lipinski definition) is 1. The Kier molecular flexibility index (Phi) is 3.30. The number of aliphatic hydroxyl groups is 1. The predicted molar refractivity (Wildman–Crippen MR) is 79.5 cm³/mol. The number of hydrogen-bond acceptors (Lipinski definition) is 2. The lowest BCUT2D eigenvalue weighted by Crippen LogP contribution is -2.40. The molecule has 1 aliphatic carbocycles. The average Bonchev–Trinajstić information content (AvgIpc) is 2.77. The monoisotopic (exact) mass is 259 g/mol. The van der Waals surface area contributed by atoms with Crippen molar-refractivity contribution in [2.45, 2.75) is 45.6 Å². The van der Waals surface area contributed by atoms with Gasteiger partial charge in [0.25, 0.3) is 0 Å². The molecule has 1 heterocycles. The molecule has 3 rings (SSSR count). The molecule has 19 heavy (non-hydrogen) atoms. The van der Waals surface area contributed by atoms with E-state index in [0.29, 0.717) is 11.3 Å². The lowest BCUT2D eigenvalue weighted by molar-refractivity contribution is 0.0251. The Morgan fingerprint density at radius 3 is 2.95 bits per heavy atom. The Bertz CT molecular complexity index is 454. The van der Waals surface area contributed by atoms with Gasteiger partial charge in [-0.25, -0.2) is 0 Å². The quantitative estimate of drug-likeness (QED) is 0.881. The van der Waals surface area contributed by atoms with Crippen LogP contribution in [-0.4, -0.2) is 24.3 Å². The molecule has 1 fully saturated rings. The van der Waals surface area contributed by atoms with Gasteiger partial charge in [-0.2, -0.15) is 0 Å². The Labute approximate surface area is 116 Å². The Morgan fingerprint density at radius 2 is 2.11 bits per heavy atom. The van der Waals surface area contributed by atoms with Crippen molar-refractivity contribution in [3.8, 4) is 0 Å². The Morgan fingerprint density at radius 1 is 1.32 bits per heavy atom. The lowest BCUT2D eigenvalue weighted by atomic mass is 9.71. The second kappa shape index (κ2) is 4.82. The summed E-state index contributed by atoms with van der Waals surface area (Å²) in [6.07, 6.45) is 4.31. The van der Waals surface area contributed by atoms with Crippen LogP contribution in [0, 0.1) is 11.3 Å². The van der Waals surface area contributed by atoms with Crippen molar-refractivity contribution >= 4 is 5.69 Å². The molecule has 0 saturated heterocycles. The number of nitrogens with zero attached hydrogens (tertiary/aromatic N) is 1. The fourth-order valence-corrected chi connectivity index (χ4v) is 3.79. The maximum Gasteiger partial charge on any atom is 0.0585 e. The third kappa shape index (κ3) is 2.64. The van der Waals surface area contributed by atoms with Gasteiger partial charge in [0.2, 0.25) is 0 Å². The van der Waals surface area contributed by atoms with Crippen LogP contribution in [0.15, 0.2) is 24.3 Å². The second-order valence-electron chi connectivity index (χ2n) is 7.06. The highest BCUT2D eigenvalue weighted by Gasteiger charge is 2.35. The van der Waals surface area contributed by atoms with Crippen LogP contribution >= 0.6 is 0 Å². The molecule has 2 aliphatic rings. The molecule has 0 spiro atoms. The first kappa shape index (κ1) is 13.0. The zero-order chi connectivity index (χ0) is 13.5. The first-order valence-corrected chi connectivity index (χ1v) is 7.56. The van der Waals surface area contributed by atoms with Crippen LogP contribution in [0.3, 0.4) is 0 Å². The van der Waals surface area contributed by atoms with E-state index < -0.39 is 0 Å². The van der Waals surface area contributed by atoms with Gasteiger partial charge >= 0.3 is 0 Å². The SMILES string of the molecule is CC1(C)CCC(O)C(CN2CCc3ccccc32)C1. The van der Waals surface area contributed by atoms with Crippen molar-refractivity contribution < 1.29 is 5.11 Å². The van der Waals surface area contributed by atoms with Crippen LogP contribution < -0.4 is 4.90 Å². The molecule has 0 radical (unpaired) electrons. The highest BCUT2D eigenvalue weighted by atomic mass is 16.3. The number of rotatable bonds is 2. The zero-order valence-corrected chi connectivity index (χ0v) is 12.1. The molecule has 0 bridgehead atoms. The molecule has 2 nitrogen and oxygen atoms in total. The number of para-hydroxylation sites is 1. The van der Waals surface area contributed by atoms with Gasteiger partial charge in [0, 0.05) is 24.7 Å². The van der Waals surface area contributed by atoms with Crippen LogP contribution in [0.25, 0.3) is 0 Å². The summed E-state index contributed by atoms with van der Waals surface area (Å²) in [5, 5.41) is 10.3. The number of aliphatic hydroxyl groups excluding tert-OH is 1. The lowest BCUT2D eigenvalue weighted by Gasteiger charge is -2.40. The average molecular weight is 259 g/mol. The van der Waals surface area contributed by atoms with Gasteiger partial charge in [-0.15, -0.1) is 0 Å². The molecule has 104 valence electrons. The number of benzene rings is 1. The van der Waals surface area contributed by atoms with E-state index in [0.717, 1.165) is 38.8 Å². The van der Waals surface area contributed by atoms with Gasteiger partial charge in [-0.1, -0.05) is 32.0 Å². The molecule has 0 amide bonds. The summed E-state index contributed by atoms with van der Waals surface area (Å²) in [5.41, 5.74) is 3.24. The molecule has 0 aromatic heterocycles. The Hall–Kier alpha value is -1.02. The van der Waals surface area contributed by atoms with Crippen LogP contribution in [0.5, 0.6) is 0 Å². The largest absolute Gasteiger partial charge is 0.393 e. The highest BCUT2D eigenvalue weighted by molar-refractivity contribution is 5.57. The van der Waals surface area contributed by atoms with E-state index in [4.69, 9.17) is 0 Å². The second-order valence-corrected chi connectivity index (χ2v) is 7.06. The molecule has 2 unspecified atom stereocenters. The van der Waals surface area contributed by atoms with Crippen LogP contribution in [0.1, 0.15) is 38.7 Å². The van der Waals surface area contributed by atoms with Crippen molar-refractivity contribution in [1.29, 1.82) is 0 Å². The van der Waals surface area contributed by atoms with Crippen molar-refractivity contribution in [2.24, 2.45) is 11.3 Å². The standard InChI is InChI=1S/C17H25NO/c1-17(2)9-7-16(19)14(11-17)12-18-10-8-13-5-3-4-6-15(13)18/h3-6,14,16,19H,7-12H2,1-2H3. The highest BCUT2D eigenvalue weighted by Crippen LogP contribution is 2.40. The van der Waals surface area contributed by atoms with Gasteiger partial charge in [0.15, 0.2) is 0 Å². The van der Waals surface area contributed by atoms with E-state index in [2.05, 4.69) is 43.0 Å². The molecule has 1 N–H and O–H groups in total. The number of anilines is 1. The van der Waals surface area contributed by atoms with Crippen LogP contribution in [-0.2, 0) is 6.42 Å². The minimum Gasteiger partial charge on any atom is -0.393 e. The van der Waals surface area contributed by atoms with Gasteiger partial charge in [-0.05, 0) is 42.7 Å². The van der Waals surface area contributed by atoms with E-state index in [1.54, 1.807) is 0 Å². The minimum atomic E-state index is -0.110. The maximum absolute atomic E-state index is 10.3. The van der Waals surface area contributed by atoms with E-state index in [1.165, 1.54) is 11.3 Å². The summed E-state index contributed by atoms with van der Waals surface area (Å²) in [4.78, 5) is 2.48. The maximum atomic E-state index is 10.3. The van der Waals surface area contributed by atoms with Crippen molar-refractivity contribution in [1.82, 2.24) is 0 Å². The summed E-state index contributed by atoms with van der Waals surface area (Å²) < 4.78 is 0. The van der Waals surface area contributed by atoms with Gasteiger partial charge < -0.3 is 10.0 Å². The van der Waals surface area contributed by atoms with Crippen molar-refractivity contribution in [3.63, 3.8) is 0 Å². The van der Waals surface area contributed by atoms with Gasteiger partial charge in [0.05, 0.1) is 6.10 Å². The molecule has 2 heteroatoms. The first-order valence-electron chi connectivity index (χ1n) is 7.56. The molecule has 2 atom stereocenters. The van der Waals surface area contributed by atoms with E-state index in [1.807, 2.05) is 0 Å². The smallest absolute Gasteiger partial charge is 0.0585 e. The van der Waals surface area contributed by atoms with Crippen LogP contribution in [0.4, 0.5) is 5.69 Å². The molecule has 1 aromatic rings.